The highest BCUT2D eigenvalue weighted by atomic mass is 19.1. The van der Waals surface area contributed by atoms with Gasteiger partial charge in [-0.25, -0.2) is 13.6 Å². The molecule has 3 aromatic rings. The first-order valence-corrected chi connectivity index (χ1v) is 8.75. The third-order valence-corrected chi connectivity index (χ3v) is 4.19. The number of halogens is 2. The number of fused-ring (bicyclic) bond motifs is 1. The van der Waals surface area contributed by atoms with Gasteiger partial charge in [0, 0.05) is 12.6 Å². The van der Waals surface area contributed by atoms with Crippen molar-refractivity contribution in [2.45, 2.75) is 26.9 Å². The van der Waals surface area contributed by atoms with Crippen molar-refractivity contribution in [1.29, 1.82) is 0 Å². The van der Waals surface area contributed by atoms with E-state index in [-0.39, 0.29) is 18.2 Å². The average molecular weight is 387 g/mol. The zero-order chi connectivity index (χ0) is 20.4. The Balaban J connectivity index is 2.03. The maximum atomic E-state index is 13.8. The molecule has 0 fully saturated rings. The van der Waals surface area contributed by atoms with E-state index in [1.54, 1.807) is 24.3 Å². The van der Waals surface area contributed by atoms with E-state index < -0.39 is 35.3 Å². The van der Waals surface area contributed by atoms with Crippen LogP contribution >= 0.6 is 0 Å². The molecule has 0 atom stereocenters. The largest absolute Gasteiger partial charge is 0.331 e. The van der Waals surface area contributed by atoms with Crippen molar-refractivity contribution in [3.05, 3.63) is 74.9 Å². The average Bonchev–Trinajstić information content (AvgIpc) is 2.64. The summed E-state index contributed by atoms with van der Waals surface area (Å²) in [5.74, 6) is -2.32. The van der Waals surface area contributed by atoms with E-state index >= 15 is 0 Å². The normalized spacial score (nSPS) is 11.2. The third kappa shape index (κ3) is 3.85. The smallest absolute Gasteiger partial charge is 0.322 e. The van der Waals surface area contributed by atoms with Gasteiger partial charge in [-0.2, -0.15) is 0 Å². The Morgan fingerprint density at radius 1 is 1.07 bits per heavy atom. The number of anilines is 1. The first kappa shape index (κ1) is 19.5. The number of benzene rings is 2. The minimum Gasteiger partial charge on any atom is -0.322 e. The van der Waals surface area contributed by atoms with Gasteiger partial charge < -0.3 is 5.32 Å². The van der Waals surface area contributed by atoms with E-state index in [0.717, 1.165) is 16.7 Å². The number of carbonyl (C=O) groups is 1. The highest BCUT2D eigenvalue weighted by Gasteiger charge is 2.16. The van der Waals surface area contributed by atoms with Crippen molar-refractivity contribution in [3.63, 3.8) is 0 Å². The lowest BCUT2D eigenvalue weighted by molar-refractivity contribution is -0.116. The first-order valence-electron chi connectivity index (χ1n) is 8.75. The fourth-order valence-electron chi connectivity index (χ4n) is 2.97. The summed E-state index contributed by atoms with van der Waals surface area (Å²) in [6.45, 7) is 3.52. The molecule has 1 amide bonds. The number of rotatable bonds is 5. The number of nitrogens with zero attached hydrogens (tertiary/aromatic N) is 2. The Kier molecular flexibility index (Phi) is 5.39. The van der Waals surface area contributed by atoms with Crippen LogP contribution < -0.4 is 16.6 Å². The predicted octanol–water partition coefficient (Wildman–Crippen LogP) is 2.74. The van der Waals surface area contributed by atoms with Crippen LogP contribution in [0, 0.1) is 17.6 Å². The summed E-state index contributed by atoms with van der Waals surface area (Å²) >= 11 is 0. The molecule has 0 saturated carbocycles. The first-order chi connectivity index (χ1) is 13.3. The van der Waals surface area contributed by atoms with Crippen molar-refractivity contribution >= 4 is 22.5 Å². The molecular formula is C20H19F2N3O3. The van der Waals surface area contributed by atoms with Crippen LogP contribution in [0.2, 0.25) is 0 Å². The SMILES string of the molecule is CC(C)Cn1c(=O)c2ccccc2n(CC(=O)Nc2ccc(F)cc2F)c1=O. The van der Waals surface area contributed by atoms with Gasteiger partial charge in [0.05, 0.1) is 16.6 Å². The van der Waals surface area contributed by atoms with Crippen LogP contribution in [0.1, 0.15) is 13.8 Å². The van der Waals surface area contributed by atoms with Gasteiger partial charge >= 0.3 is 5.69 Å². The second-order valence-corrected chi connectivity index (χ2v) is 6.87. The molecule has 0 unspecified atom stereocenters. The third-order valence-electron chi connectivity index (χ3n) is 4.19. The van der Waals surface area contributed by atoms with E-state index in [1.165, 1.54) is 4.57 Å². The molecule has 6 nitrogen and oxygen atoms in total. The molecule has 146 valence electrons. The lowest BCUT2D eigenvalue weighted by atomic mass is 10.2. The summed E-state index contributed by atoms with van der Waals surface area (Å²) in [5, 5.41) is 2.63. The van der Waals surface area contributed by atoms with Gasteiger partial charge in [-0.15, -0.1) is 0 Å². The molecule has 28 heavy (non-hydrogen) atoms. The lowest BCUT2D eigenvalue weighted by Crippen LogP contribution is -2.42. The van der Waals surface area contributed by atoms with E-state index in [2.05, 4.69) is 5.32 Å². The summed E-state index contributed by atoms with van der Waals surface area (Å²) in [4.78, 5) is 37.9. The zero-order valence-corrected chi connectivity index (χ0v) is 15.4. The highest BCUT2D eigenvalue weighted by Crippen LogP contribution is 2.15. The molecule has 0 aliphatic heterocycles. The number of nitrogens with one attached hydrogen (secondary N) is 1. The van der Waals surface area contributed by atoms with Gasteiger partial charge in [0.15, 0.2) is 0 Å². The Labute approximate surface area is 159 Å². The van der Waals surface area contributed by atoms with Gasteiger partial charge in [0.2, 0.25) is 5.91 Å². The topological polar surface area (TPSA) is 73.1 Å². The summed E-state index contributed by atoms with van der Waals surface area (Å²) in [6, 6.07) is 9.26. The number of hydrogen-bond donors (Lipinski definition) is 1. The van der Waals surface area contributed by atoms with Gasteiger partial charge in [0.1, 0.15) is 18.2 Å². The maximum Gasteiger partial charge on any atom is 0.331 e. The van der Waals surface area contributed by atoms with Gasteiger partial charge in [-0.05, 0) is 30.2 Å². The molecule has 8 heteroatoms. The monoisotopic (exact) mass is 387 g/mol. The van der Waals surface area contributed by atoms with Crippen molar-refractivity contribution < 1.29 is 13.6 Å². The standard InChI is InChI=1S/C20H19F2N3O3/c1-12(2)10-25-19(27)14-5-3-4-6-17(14)24(20(25)28)11-18(26)23-16-8-7-13(21)9-15(16)22/h3-9,12H,10-11H2,1-2H3,(H,23,26). The molecule has 0 aliphatic carbocycles. The maximum absolute atomic E-state index is 13.8. The molecule has 0 aliphatic rings. The zero-order valence-electron chi connectivity index (χ0n) is 15.4. The minimum absolute atomic E-state index is 0.0437. The molecular weight excluding hydrogens is 368 g/mol. The molecule has 3 rings (SSSR count). The van der Waals surface area contributed by atoms with Crippen LogP contribution in [0.3, 0.4) is 0 Å². The van der Waals surface area contributed by atoms with Gasteiger partial charge in [-0.1, -0.05) is 26.0 Å². The summed E-state index contributed by atoms with van der Waals surface area (Å²) in [5.41, 5.74) is -0.922. The number of carbonyl (C=O) groups excluding carboxylic acids is 1. The second kappa shape index (κ2) is 7.75. The van der Waals surface area contributed by atoms with Crippen molar-refractivity contribution in [2.75, 3.05) is 5.32 Å². The lowest BCUT2D eigenvalue weighted by Gasteiger charge is -2.15. The van der Waals surface area contributed by atoms with Crippen LogP contribution in [0.4, 0.5) is 14.5 Å². The van der Waals surface area contributed by atoms with Crippen LogP contribution in [0.5, 0.6) is 0 Å². The fourth-order valence-corrected chi connectivity index (χ4v) is 2.97. The van der Waals surface area contributed by atoms with E-state index in [0.29, 0.717) is 17.0 Å². The van der Waals surface area contributed by atoms with Crippen LogP contribution in [0.25, 0.3) is 10.9 Å². The highest BCUT2D eigenvalue weighted by molar-refractivity contribution is 5.91. The van der Waals surface area contributed by atoms with Crippen LogP contribution in [-0.4, -0.2) is 15.0 Å². The summed E-state index contributed by atoms with van der Waals surface area (Å²) in [6.07, 6.45) is 0. The Bertz CT molecular complexity index is 1170. The number of amides is 1. The summed E-state index contributed by atoms with van der Waals surface area (Å²) in [7, 11) is 0. The molecule has 2 aromatic carbocycles. The molecule has 1 heterocycles. The Hall–Kier alpha value is -3.29. The van der Waals surface area contributed by atoms with Crippen molar-refractivity contribution in [2.24, 2.45) is 5.92 Å². The van der Waals surface area contributed by atoms with Gasteiger partial charge in [0.25, 0.3) is 5.56 Å². The van der Waals surface area contributed by atoms with Gasteiger partial charge in [-0.3, -0.25) is 18.7 Å². The van der Waals surface area contributed by atoms with Crippen LogP contribution in [0.15, 0.2) is 52.1 Å². The summed E-state index contributed by atoms with van der Waals surface area (Å²) < 4.78 is 29.1. The molecule has 0 radical (unpaired) electrons. The second-order valence-electron chi connectivity index (χ2n) is 6.87. The van der Waals surface area contributed by atoms with Crippen LogP contribution in [-0.2, 0) is 17.9 Å². The quantitative estimate of drug-likeness (QED) is 0.732. The van der Waals surface area contributed by atoms with E-state index in [9.17, 15) is 23.2 Å². The van der Waals surface area contributed by atoms with Crippen molar-refractivity contribution in [3.8, 4) is 0 Å². The fraction of sp³-hybridized carbons (Fsp3) is 0.250. The van der Waals surface area contributed by atoms with Crippen molar-refractivity contribution in [1.82, 2.24) is 9.13 Å². The number of para-hydroxylation sites is 1. The number of hydrogen-bond acceptors (Lipinski definition) is 3. The van der Waals surface area contributed by atoms with E-state index in [4.69, 9.17) is 0 Å². The Morgan fingerprint density at radius 3 is 2.46 bits per heavy atom. The Morgan fingerprint density at radius 2 is 1.79 bits per heavy atom. The molecule has 0 spiro atoms. The minimum atomic E-state index is -0.921. The molecule has 1 N–H and O–H groups in total. The van der Waals surface area contributed by atoms with E-state index in [1.807, 2.05) is 13.8 Å². The molecule has 0 saturated heterocycles. The molecule has 0 bridgehead atoms. The number of aromatic nitrogens is 2. The molecule has 1 aromatic heterocycles. The predicted molar refractivity (Wildman–Crippen MR) is 102 cm³/mol.